The minimum Gasteiger partial charge on any atom is -0.457 e. The van der Waals surface area contributed by atoms with Gasteiger partial charge in [-0.05, 0) is 50.2 Å². The lowest BCUT2D eigenvalue weighted by Crippen LogP contribution is -1.90. The molecule has 0 heterocycles. The van der Waals surface area contributed by atoms with E-state index >= 15 is 0 Å². The van der Waals surface area contributed by atoms with Crippen molar-refractivity contribution in [3.63, 3.8) is 0 Å². The second kappa shape index (κ2) is 6.93. The molecule has 2 nitrogen and oxygen atoms in total. The van der Waals surface area contributed by atoms with Gasteiger partial charge < -0.3 is 9.47 Å². The van der Waals surface area contributed by atoms with E-state index in [4.69, 9.17) is 9.47 Å². The van der Waals surface area contributed by atoms with Crippen LogP contribution in [0, 0.1) is 13.8 Å². The zero-order chi connectivity index (χ0) is 17.9. The highest BCUT2D eigenvalue weighted by molar-refractivity contribution is 5.93. The summed E-state index contributed by atoms with van der Waals surface area (Å²) in [6, 6.07) is 28.2. The summed E-state index contributed by atoms with van der Waals surface area (Å²) in [7, 11) is 0. The first kappa shape index (κ1) is 16.2. The molecule has 0 amide bonds. The van der Waals surface area contributed by atoms with Gasteiger partial charge in [0.25, 0.3) is 0 Å². The van der Waals surface area contributed by atoms with E-state index in [0.29, 0.717) is 0 Å². The van der Waals surface area contributed by atoms with Crippen molar-refractivity contribution in [3.8, 4) is 23.0 Å². The molecule has 128 valence electrons. The maximum atomic E-state index is 6.11. The highest BCUT2D eigenvalue weighted by Crippen LogP contribution is 2.37. The number of hydrogen-bond donors (Lipinski definition) is 0. The van der Waals surface area contributed by atoms with Gasteiger partial charge in [-0.15, -0.1) is 0 Å². The van der Waals surface area contributed by atoms with Crippen LogP contribution in [0.1, 0.15) is 11.1 Å². The molecule has 0 saturated heterocycles. The van der Waals surface area contributed by atoms with Gasteiger partial charge in [-0.2, -0.15) is 0 Å². The van der Waals surface area contributed by atoms with Crippen molar-refractivity contribution < 1.29 is 9.47 Å². The van der Waals surface area contributed by atoms with Crippen LogP contribution in [0.15, 0.2) is 84.9 Å². The quantitative estimate of drug-likeness (QED) is 0.396. The summed E-state index contributed by atoms with van der Waals surface area (Å²) in [5, 5.41) is 2.05. The van der Waals surface area contributed by atoms with E-state index in [1.165, 1.54) is 11.1 Å². The first-order valence-electron chi connectivity index (χ1n) is 8.70. The molecular weight excluding hydrogens is 320 g/mol. The maximum Gasteiger partial charge on any atom is 0.135 e. The first-order chi connectivity index (χ1) is 12.7. The molecule has 4 rings (SSSR count). The molecule has 0 N–H and O–H groups in total. The Labute approximate surface area is 153 Å². The highest BCUT2D eigenvalue weighted by atomic mass is 16.5. The van der Waals surface area contributed by atoms with Crippen molar-refractivity contribution in [1.29, 1.82) is 0 Å². The fourth-order valence-electron chi connectivity index (χ4n) is 2.89. The minimum atomic E-state index is 0.820. The Balaban J connectivity index is 1.70. The molecule has 0 aromatic heterocycles. The van der Waals surface area contributed by atoms with E-state index in [2.05, 4.69) is 26.0 Å². The van der Waals surface area contributed by atoms with Gasteiger partial charge in [0.1, 0.15) is 23.0 Å². The van der Waals surface area contributed by atoms with Gasteiger partial charge >= 0.3 is 0 Å². The Morgan fingerprint density at radius 3 is 1.23 bits per heavy atom. The van der Waals surface area contributed by atoms with E-state index in [0.717, 1.165) is 33.8 Å². The van der Waals surface area contributed by atoms with E-state index < -0.39 is 0 Å². The summed E-state index contributed by atoms with van der Waals surface area (Å²) in [5.74, 6) is 3.29. The molecule has 0 aliphatic rings. The van der Waals surface area contributed by atoms with Crippen molar-refractivity contribution in [3.05, 3.63) is 96.1 Å². The SMILES string of the molecule is Cc1ccc(Oc2ccc(Oc3ccc(C)cc3)c3ccccc23)cc1. The van der Waals surface area contributed by atoms with Crippen LogP contribution >= 0.6 is 0 Å². The van der Waals surface area contributed by atoms with Crippen LogP contribution in [0.5, 0.6) is 23.0 Å². The third kappa shape index (κ3) is 3.40. The third-order valence-electron chi connectivity index (χ3n) is 4.34. The number of benzene rings is 4. The predicted octanol–water partition coefficient (Wildman–Crippen LogP) is 7.04. The van der Waals surface area contributed by atoms with Crippen LogP contribution in [0.3, 0.4) is 0 Å². The lowest BCUT2D eigenvalue weighted by Gasteiger charge is -2.13. The molecule has 26 heavy (non-hydrogen) atoms. The van der Waals surface area contributed by atoms with Gasteiger partial charge in [0, 0.05) is 10.8 Å². The molecule has 4 aromatic rings. The zero-order valence-corrected chi connectivity index (χ0v) is 14.9. The number of fused-ring (bicyclic) bond motifs is 1. The Morgan fingerprint density at radius 2 is 0.846 bits per heavy atom. The summed E-state index contributed by atoms with van der Waals surface area (Å²) in [6.45, 7) is 4.13. The monoisotopic (exact) mass is 340 g/mol. The first-order valence-corrected chi connectivity index (χ1v) is 8.70. The maximum absolute atomic E-state index is 6.11. The van der Waals surface area contributed by atoms with Crippen LogP contribution in [-0.4, -0.2) is 0 Å². The average molecular weight is 340 g/mol. The number of ether oxygens (including phenoxy) is 2. The van der Waals surface area contributed by atoms with Crippen LogP contribution in [0.2, 0.25) is 0 Å². The molecule has 0 aliphatic heterocycles. The molecule has 0 radical (unpaired) electrons. The third-order valence-corrected chi connectivity index (χ3v) is 4.34. The molecule has 0 saturated carbocycles. The Kier molecular flexibility index (Phi) is 4.32. The smallest absolute Gasteiger partial charge is 0.135 e. The largest absolute Gasteiger partial charge is 0.457 e. The van der Waals surface area contributed by atoms with Crippen molar-refractivity contribution in [2.75, 3.05) is 0 Å². The van der Waals surface area contributed by atoms with E-state index in [1.807, 2.05) is 72.8 Å². The van der Waals surface area contributed by atoms with Crippen molar-refractivity contribution >= 4 is 10.8 Å². The van der Waals surface area contributed by atoms with Crippen LogP contribution < -0.4 is 9.47 Å². The summed E-state index contributed by atoms with van der Waals surface area (Å²) < 4.78 is 12.2. The normalized spacial score (nSPS) is 10.7. The second-order valence-corrected chi connectivity index (χ2v) is 6.44. The minimum absolute atomic E-state index is 0.820. The van der Waals surface area contributed by atoms with Crippen molar-refractivity contribution in [2.24, 2.45) is 0 Å². The van der Waals surface area contributed by atoms with Gasteiger partial charge in [0.2, 0.25) is 0 Å². The van der Waals surface area contributed by atoms with Gasteiger partial charge in [-0.1, -0.05) is 59.7 Å². The molecule has 0 fully saturated rings. The Morgan fingerprint density at radius 1 is 0.462 bits per heavy atom. The number of aryl methyl sites for hydroxylation is 2. The molecule has 0 atom stereocenters. The number of rotatable bonds is 4. The van der Waals surface area contributed by atoms with Crippen molar-refractivity contribution in [1.82, 2.24) is 0 Å². The standard InChI is InChI=1S/C24H20O2/c1-17-7-11-19(12-8-17)25-23-15-16-24(22-6-4-3-5-21(22)23)26-20-13-9-18(2)10-14-20/h3-16H,1-2H3. The van der Waals surface area contributed by atoms with E-state index in [9.17, 15) is 0 Å². The molecular formula is C24H20O2. The highest BCUT2D eigenvalue weighted by Gasteiger charge is 2.09. The molecule has 0 spiro atoms. The van der Waals surface area contributed by atoms with Gasteiger partial charge in [-0.3, -0.25) is 0 Å². The molecule has 0 aliphatic carbocycles. The molecule has 0 bridgehead atoms. The fourth-order valence-corrected chi connectivity index (χ4v) is 2.89. The van der Waals surface area contributed by atoms with Gasteiger partial charge in [0.05, 0.1) is 0 Å². The van der Waals surface area contributed by atoms with Gasteiger partial charge in [0.15, 0.2) is 0 Å². The average Bonchev–Trinajstić information content (AvgIpc) is 2.67. The van der Waals surface area contributed by atoms with E-state index in [-0.39, 0.29) is 0 Å². The van der Waals surface area contributed by atoms with Crippen LogP contribution in [0.25, 0.3) is 10.8 Å². The predicted molar refractivity (Wildman–Crippen MR) is 106 cm³/mol. The zero-order valence-electron chi connectivity index (χ0n) is 14.9. The van der Waals surface area contributed by atoms with Crippen molar-refractivity contribution in [2.45, 2.75) is 13.8 Å². The molecule has 0 unspecified atom stereocenters. The topological polar surface area (TPSA) is 18.5 Å². The van der Waals surface area contributed by atoms with Gasteiger partial charge in [-0.25, -0.2) is 0 Å². The summed E-state index contributed by atoms with van der Waals surface area (Å²) >= 11 is 0. The lowest BCUT2D eigenvalue weighted by atomic mass is 10.1. The number of hydrogen-bond acceptors (Lipinski definition) is 2. The lowest BCUT2D eigenvalue weighted by molar-refractivity contribution is 0.477. The van der Waals surface area contributed by atoms with Crippen LogP contribution in [-0.2, 0) is 0 Å². The Bertz CT molecular complexity index is 946. The fraction of sp³-hybridized carbons (Fsp3) is 0.0833. The summed E-state index contributed by atoms with van der Waals surface area (Å²) in [4.78, 5) is 0. The van der Waals surface area contributed by atoms with Crippen LogP contribution in [0.4, 0.5) is 0 Å². The second-order valence-electron chi connectivity index (χ2n) is 6.44. The molecule has 4 aromatic carbocycles. The Hall–Kier alpha value is -3.26. The summed E-state index contributed by atoms with van der Waals surface area (Å²) in [6.07, 6.45) is 0. The summed E-state index contributed by atoms with van der Waals surface area (Å²) in [5.41, 5.74) is 2.42. The molecule has 2 heteroatoms. The van der Waals surface area contributed by atoms with E-state index in [1.54, 1.807) is 0 Å².